The fourth-order valence-corrected chi connectivity index (χ4v) is 2.81. The molecule has 1 aromatic carbocycles. The fraction of sp³-hybridized carbons (Fsp3) is 0.455. The van der Waals surface area contributed by atoms with E-state index in [0.717, 1.165) is 6.07 Å². The molecule has 0 saturated carbocycles. The molecule has 0 aliphatic carbocycles. The van der Waals surface area contributed by atoms with Gasteiger partial charge in [0.25, 0.3) is 9.84 Å². The van der Waals surface area contributed by atoms with Crippen molar-refractivity contribution in [1.29, 1.82) is 0 Å². The van der Waals surface area contributed by atoms with Gasteiger partial charge in [-0.1, -0.05) is 12.1 Å². The molecule has 1 rings (SSSR count). The monoisotopic (exact) mass is 315 g/mol. The predicted molar refractivity (Wildman–Crippen MR) is 68.3 cm³/mol. The van der Waals surface area contributed by atoms with Crippen LogP contribution in [-0.2, 0) is 9.84 Å². The van der Waals surface area contributed by atoms with E-state index in [1.165, 1.54) is 30.1 Å². The van der Waals surface area contributed by atoms with Gasteiger partial charge in [-0.2, -0.15) is 13.2 Å². The lowest BCUT2D eigenvalue weighted by Gasteiger charge is -2.23. The molecule has 0 radical (unpaired) electrons. The zero-order chi connectivity index (χ0) is 14.8. The number of hydrogen-bond donors (Lipinski definition) is 0. The van der Waals surface area contributed by atoms with Crippen molar-refractivity contribution >= 4 is 27.1 Å². The molecule has 108 valence electrons. The van der Waals surface area contributed by atoms with Crippen LogP contribution in [0.4, 0.5) is 18.9 Å². The average molecular weight is 316 g/mol. The largest absolute Gasteiger partial charge is 0.501 e. The lowest BCUT2D eigenvalue weighted by Crippen LogP contribution is -2.29. The van der Waals surface area contributed by atoms with E-state index in [4.69, 9.17) is 11.6 Å². The van der Waals surface area contributed by atoms with Crippen LogP contribution >= 0.6 is 11.6 Å². The molecule has 0 saturated heterocycles. The molecule has 1 aromatic rings. The van der Waals surface area contributed by atoms with Crippen LogP contribution in [0.2, 0.25) is 0 Å². The smallest absolute Gasteiger partial charge is 0.372 e. The molecule has 1 atom stereocenters. The molecular formula is C11H13ClF3NO2S. The first kappa shape index (κ1) is 16.1. The third-order valence-electron chi connectivity index (χ3n) is 2.40. The fourth-order valence-electron chi connectivity index (χ4n) is 1.60. The molecule has 0 aromatic heterocycles. The highest BCUT2D eigenvalue weighted by Crippen LogP contribution is 2.35. The van der Waals surface area contributed by atoms with Gasteiger partial charge in [-0.3, -0.25) is 0 Å². The SMILES string of the molecule is CC(Cl)CN(C)c1ccccc1S(=O)(=O)C(F)(F)F. The Kier molecular flexibility index (Phi) is 4.73. The maximum Gasteiger partial charge on any atom is 0.501 e. The second-order valence-corrected chi connectivity index (χ2v) is 6.73. The Labute approximate surface area is 114 Å². The molecule has 0 spiro atoms. The Morgan fingerprint density at radius 1 is 1.32 bits per heavy atom. The van der Waals surface area contributed by atoms with Gasteiger partial charge in [0.15, 0.2) is 0 Å². The number of nitrogens with zero attached hydrogens (tertiary/aromatic N) is 1. The third kappa shape index (κ3) is 3.54. The van der Waals surface area contributed by atoms with Crippen molar-refractivity contribution in [2.24, 2.45) is 0 Å². The van der Waals surface area contributed by atoms with E-state index in [1.54, 1.807) is 6.92 Å². The van der Waals surface area contributed by atoms with Gasteiger partial charge in [-0.15, -0.1) is 11.6 Å². The lowest BCUT2D eigenvalue weighted by atomic mass is 10.3. The number of hydrogen-bond acceptors (Lipinski definition) is 3. The second kappa shape index (κ2) is 5.58. The molecule has 8 heteroatoms. The first-order valence-electron chi connectivity index (χ1n) is 5.33. The van der Waals surface area contributed by atoms with Crippen molar-refractivity contribution in [2.75, 3.05) is 18.5 Å². The van der Waals surface area contributed by atoms with Crippen molar-refractivity contribution < 1.29 is 21.6 Å². The number of para-hydroxylation sites is 1. The van der Waals surface area contributed by atoms with Gasteiger partial charge < -0.3 is 4.90 Å². The van der Waals surface area contributed by atoms with Crippen molar-refractivity contribution in [2.45, 2.75) is 22.7 Å². The molecule has 1 unspecified atom stereocenters. The highest BCUT2D eigenvalue weighted by Gasteiger charge is 2.48. The number of alkyl halides is 4. The summed E-state index contributed by atoms with van der Waals surface area (Å²) in [5.74, 6) is 0. The number of benzene rings is 1. The Hall–Kier alpha value is -0.950. The van der Waals surface area contributed by atoms with E-state index in [1.807, 2.05) is 0 Å². The minimum atomic E-state index is -5.37. The van der Waals surface area contributed by atoms with Gasteiger partial charge in [0.2, 0.25) is 0 Å². The van der Waals surface area contributed by atoms with Gasteiger partial charge >= 0.3 is 5.51 Å². The Bertz CT molecular complexity index is 543. The Morgan fingerprint density at radius 3 is 2.32 bits per heavy atom. The number of sulfone groups is 1. The summed E-state index contributed by atoms with van der Waals surface area (Å²) in [6, 6.07) is 4.98. The van der Waals surface area contributed by atoms with Crippen LogP contribution in [0.3, 0.4) is 0 Å². The van der Waals surface area contributed by atoms with Crippen LogP contribution in [0, 0.1) is 0 Å². The highest BCUT2D eigenvalue weighted by atomic mass is 35.5. The van der Waals surface area contributed by atoms with E-state index in [9.17, 15) is 21.6 Å². The highest BCUT2D eigenvalue weighted by molar-refractivity contribution is 7.92. The van der Waals surface area contributed by atoms with Crippen LogP contribution in [0.25, 0.3) is 0 Å². The molecule has 0 N–H and O–H groups in total. The van der Waals surface area contributed by atoms with Gasteiger partial charge in [-0.05, 0) is 19.1 Å². The Morgan fingerprint density at radius 2 is 1.84 bits per heavy atom. The van der Waals surface area contributed by atoms with Crippen molar-refractivity contribution in [3.63, 3.8) is 0 Å². The van der Waals surface area contributed by atoms with Gasteiger partial charge in [0.1, 0.15) is 0 Å². The molecule has 0 fully saturated rings. The number of rotatable bonds is 4. The van der Waals surface area contributed by atoms with Crippen molar-refractivity contribution in [3.8, 4) is 0 Å². The summed E-state index contributed by atoms with van der Waals surface area (Å²) in [5, 5.41) is -0.327. The van der Waals surface area contributed by atoms with Crippen LogP contribution in [0.15, 0.2) is 29.2 Å². The summed E-state index contributed by atoms with van der Waals surface area (Å²) in [6.07, 6.45) is 0. The predicted octanol–water partition coefficient (Wildman–Crippen LogP) is 3.04. The van der Waals surface area contributed by atoms with Crippen LogP contribution < -0.4 is 4.90 Å². The van der Waals surface area contributed by atoms with Crippen molar-refractivity contribution in [1.82, 2.24) is 0 Å². The van der Waals surface area contributed by atoms with E-state index in [2.05, 4.69) is 0 Å². The molecule has 0 heterocycles. The third-order valence-corrected chi connectivity index (χ3v) is 4.07. The molecule has 0 amide bonds. The van der Waals surface area contributed by atoms with Gasteiger partial charge in [0, 0.05) is 19.0 Å². The van der Waals surface area contributed by atoms with Crippen LogP contribution in [0.1, 0.15) is 6.92 Å². The van der Waals surface area contributed by atoms with Crippen LogP contribution in [0.5, 0.6) is 0 Å². The molecule has 0 bridgehead atoms. The lowest BCUT2D eigenvalue weighted by molar-refractivity contribution is -0.0435. The molecular weight excluding hydrogens is 303 g/mol. The first-order valence-corrected chi connectivity index (χ1v) is 7.25. The number of halogens is 4. The van der Waals surface area contributed by atoms with E-state index in [-0.39, 0.29) is 17.6 Å². The summed E-state index contributed by atoms with van der Waals surface area (Å²) < 4.78 is 60.7. The average Bonchev–Trinajstić information content (AvgIpc) is 2.26. The normalized spacial score (nSPS) is 14.2. The van der Waals surface area contributed by atoms with E-state index in [0.29, 0.717) is 0 Å². The zero-order valence-corrected chi connectivity index (χ0v) is 11.9. The maximum atomic E-state index is 12.6. The summed E-state index contributed by atoms with van der Waals surface area (Å²) in [5.41, 5.74) is -5.34. The summed E-state index contributed by atoms with van der Waals surface area (Å²) in [4.78, 5) is 0.623. The van der Waals surface area contributed by atoms with Gasteiger partial charge in [-0.25, -0.2) is 8.42 Å². The van der Waals surface area contributed by atoms with Gasteiger partial charge in [0.05, 0.1) is 10.6 Å². The molecule has 3 nitrogen and oxygen atoms in total. The van der Waals surface area contributed by atoms with E-state index >= 15 is 0 Å². The van der Waals surface area contributed by atoms with E-state index < -0.39 is 20.2 Å². The van der Waals surface area contributed by atoms with Crippen LogP contribution in [-0.4, -0.2) is 32.9 Å². The summed E-state index contributed by atoms with van der Waals surface area (Å²) in [6.45, 7) is 1.89. The molecule has 19 heavy (non-hydrogen) atoms. The molecule has 0 aliphatic rings. The Balaban J connectivity index is 3.32. The zero-order valence-electron chi connectivity index (χ0n) is 10.3. The van der Waals surface area contributed by atoms with Crippen molar-refractivity contribution in [3.05, 3.63) is 24.3 Å². The molecule has 0 aliphatic heterocycles. The minimum absolute atomic E-state index is 0.0210. The topological polar surface area (TPSA) is 37.4 Å². The summed E-state index contributed by atoms with van der Waals surface area (Å²) >= 11 is 5.77. The summed E-state index contributed by atoms with van der Waals surface area (Å²) in [7, 11) is -3.88. The second-order valence-electron chi connectivity index (χ2n) is 4.08. The maximum absolute atomic E-state index is 12.6. The number of anilines is 1. The minimum Gasteiger partial charge on any atom is -0.372 e. The quantitative estimate of drug-likeness (QED) is 0.801. The standard InChI is InChI=1S/C11H13ClF3NO2S/c1-8(12)7-16(2)9-5-3-4-6-10(9)19(17,18)11(13,14)15/h3-6,8H,7H2,1-2H3. The first-order chi connectivity index (χ1) is 8.57.